The zero-order valence-corrected chi connectivity index (χ0v) is 30.9. The number of benzene rings is 9. The van der Waals surface area contributed by atoms with Crippen molar-refractivity contribution in [2.24, 2.45) is 0 Å². The van der Waals surface area contributed by atoms with Gasteiger partial charge in [0.05, 0.1) is 11.1 Å². The van der Waals surface area contributed by atoms with Gasteiger partial charge in [-0.05, 0) is 88.1 Å². The summed E-state index contributed by atoms with van der Waals surface area (Å²) in [6.07, 6.45) is 0. The lowest BCUT2D eigenvalue weighted by atomic mass is 10.0. The predicted molar refractivity (Wildman–Crippen MR) is 237 cm³/mol. The molecule has 3 nitrogen and oxygen atoms in total. The number of anilines is 3. The molecule has 4 heteroatoms. The van der Waals surface area contributed by atoms with Gasteiger partial charge in [0.25, 0.3) is 0 Å². The summed E-state index contributed by atoms with van der Waals surface area (Å²) in [7, 11) is 0. The van der Waals surface area contributed by atoms with Crippen LogP contribution in [0.25, 0.3) is 97.1 Å². The van der Waals surface area contributed by atoms with Crippen LogP contribution >= 0.6 is 11.3 Å². The molecule has 0 N–H and O–H groups in total. The molecule has 0 atom stereocenters. The highest BCUT2D eigenvalue weighted by molar-refractivity contribution is 7.26. The number of hydrogen-bond donors (Lipinski definition) is 0. The second-order valence-corrected chi connectivity index (χ2v) is 15.5. The van der Waals surface area contributed by atoms with Crippen LogP contribution in [-0.4, -0.2) is 0 Å². The molecule has 9 aromatic carbocycles. The maximum absolute atomic E-state index is 6.57. The molecule has 0 aliphatic rings. The van der Waals surface area contributed by atoms with Crippen LogP contribution < -0.4 is 4.90 Å². The standard InChI is InChI=1S/C52H31NO2S/c1-2-11-35-31-48-44(30-34(35)10-1)50-45(18-9-20-47(50)54-48)53(36-26-22-32(23-27-36)38-14-7-16-42-40-12-3-5-19-46(40)55-51(38)42)37-28-24-33(25-29-37)39-15-8-17-43-41-13-4-6-21-49(41)56-52(39)43/h1-31H. The quantitative estimate of drug-likeness (QED) is 0.176. The number of nitrogens with zero attached hydrogens (tertiary/aromatic N) is 1. The number of thiophene rings is 1. The predicted octanol–water partition coefficient (Wildman–Crippen LogP) is 15.8. The van der Waals surface area contributed by atoms with Crippen molar-refractivity contribution < 1.29 is 8.83 Å². The summed E-state index contributed by atoms with van der Waals surface area (Å²) in [6.45, 7) is 0. The van der Waals surface area contributed by atoms with Crippen LogP contribution in [-0.2, 0) is 0 Å². The van der Waals surface area contributed by atoms with Crippen molar-refractivity contribution in [3.8, 4) is 22.3 Å². The van der Waals surface area contributed by atoms with Gasteiger partial charge in [-0.2, -0.15) is 0 Å². The Labute approximate surface area is 325 Å². The molecule has 0 saturated heterocycles. The van der Waals surface area contributed by atoms with Crippen molar-refractivity contribution in [1.82, 2.24) is 0 Å². The van der Waals surface area contributed by atoms with E-state index in [1.807, 2.05) is 23.5 Å². The Morgan fingerprint density at radius 1 is 0.393 bits per heavy atom. The van der Waals surface area contributed by atoms with Crippen molar-refractivity contribution in [2.75, 3.05) is 4.90 Å². The minimum Gasteiger partial charge on any atom is -0.456 e. The van der Waals surface area contributed by atoms with E-state index in [2.05, 4.69) is 181 Å². The Morgan fingerprint density at radius 2 is 1.00 bits per heavy atom. The highest BCUT2D eigenvalue weighted by Crippen LogP contribution is 2.46. The smallest absolute Gasteiger partial charge is 0.143 e. The van der Waals surface area contributed by atoms with Gasteiger partial charge in [0.2, 0.25) is 0 Å². The molecule has 0 amide bonds. The molecule has 0 aliphatic carbocycles. The topological polar surface area (TPSA) is 29.5 Å². The van der Waals surface area contributed by atoms with Gasteiger partial charge in [-0.25, -0.2) is 0 Å². The molecule has 0 saturated carbocycles. The normalized spacial score (nSPS) is 11.9. The fraction of sp³-hybridized carbons (Fsp3) is 0. The molecule has 56 heavy (non-hydrogen) atoms. The lowest BCUT2D eigenvalue weighted by Crippen LogP contribution is -2.10. The largest absolute Gasteiger partial charge is 0.456 e. The van der Waals surface area contributed by atoms with Gasteiger partial charge in [0.1, 0.15) is 22.3 Å². The van der Waals surface area contributed by atoms with Gasteiger partial charge < -0.3 is 13.7 Å². The van der Waals surface area contributed by atoms with Crippen LogP contribution in [0.15, 0.2) is 197 Å². The van der Waals surface area contributed by atoms with Crippen molar-refractivity contribution in [2.45, 2.75) is 0 Å². The minimum absolute atomic E-state index is 0.860. The average molecular weight is 734 g/mol. The highest BCUT2D eigenvalue weighted by atomic mass is 32.1. The summed E-state index contributed by atoms with van der Waals surface area (Å²) in [6, 6.07) is 67.2. The first kappa shape index (κ1) is 31.2. The molecular formula is C52H31NO2S. The Bertz CT molecular complexity index is 3320. The fourth-order valence-electron chi connectivity index (χ4n) is 8.64. The molecule has 0 spiro atoms. The van der Waals surface area contributed by atoms with Crippen LogP contribution in [0.5, 0.6) is 0 Å². The van der Waals surface area contributed by atoms with Crippen molar-refractivity contribution in [3.63, 3.8) is 0 Å². The molecule has 0 unspecified atom stereocenters. The average Bonchev–Trinajstić information content (AvgIpc) is 3.95. The summed E-state index contributed by atoms with van der Waals surface area (Å²) in [5.41, 5.74) is 11.3. The Kier molecular flexibility index (Phi) is 6.80. The first-order valence-corrected chi connectivity index (χ1v) is 19.7. The molecular weight excluding hydrogens is 703 g/mol. The van der Waals surface area contributed by atoms with Crippen molar-refractivity contribution in [1.29, 1.82) is 0 Å². The first-order valence-electron chi connectivity index (χ1n) is 18.9. The van der Waals surface area contributed by atoms with E-state index in [0.717, 1.165) is 77.5 Å². The number of rotatable bonds is 5. The van der Waals surface area contributed by atoms with Crippen molar-refractivity contribution >= 4 is 103 Å². The van der Waals surface area contributed by atoms with E-state index < -0.39 is 0 Å². The van der Waals surface area contributed by atoms with Crippen LogP contribution in [0.2, 0.25) is 0 Å². The monoisotopic (exact) mass is 733 g/mol. The molecule has 0 aliphatic heterocycles. The van der Waals surface area contributed by atoms with E-state index >= 15 is 0 Å². The zero-order valence-electron chi connectivity index (χ0n) is 30.1. The van der Waals surface area contributed by atoms with Gasteiger partial charge in [-0.3, -0.25) is 0 Å². The SMILES string of the molecule is c1ccc2cc3c(cc2c1)oc1cccc(N(c2ccc(-c4cccc5c4oc4ccccc45)cc2)c2ccc(-c4cccc5c4sc4ccccc45)cc2)c13. The molecule has 0 bridgehead atoms. The summed E-state index contributed by atoms with van der Waals surface area (Å²) >= 11 is 1.87. The molecule has 12 rings (SSSR count). The Hall–Kier alpha value is -7.14. The van der Waals surface area contributed by atoms with Crippen LogP contribution in [0.1, 0.15) is 0 Å². The second kappa shape index (κ2) is 12.2. The third-order valence-corrected chi connectivity index (χ3v) is 12.5. The number of para-hydroxylation sites is 2. The second-order valence-electron chi connectivity index (χ2n) is 14.4. The molecule has 3 heterocycles. The maximum atomic E-state index is 6.57. The van der Waals surface area contributed by atoms with E-state index in [-0.39, 0.29) is 0 Å². The molecule has 12 aromatic rings. The highest BCUT2D eigenvalue weighted by Gasteiger charge is 2.21. The number of hydrogen-bond acceptors (Lipinski definition) is 4. The summed E-state index contributed by atoms with van der Waals surface area (Å²) < 4.78 is 15.6. The zero-order chi connectivity index (χ0) is 36.7. The number of fused-ring (bicyclic) bond motifs is 10. The molecule has 0 radical (unpaired) electrons. The Morgan fingerprint density at radius 3 is 1.80 bits per heavy atom. The Balaban J connectivity index is 1.03. The maximum Gasteiger partial charge on any atom is 0.143 e. The van der Waals surface area contributed by atoms with Gasteiger partial charge in [0, 0.05) is 53.3 Å². The summed E-state index contributed by atoms with van der Waals surface area (Å²) in [5, 5.41) is 9.41. The first-order chi connectivity index (χ1) is 27.7. The van der Waals surface area contributed by atoms with Gasteiger partial charge in [-0.15, -0.1) is 11.3 Å². The van der Waals surface area contributed by atoms with E-state index in [1.54, 1.807) is 0 Å². The van der Waals surface area contributed by atoms with Crippen molar-refractivity contribution in [3.05, 3.63) is 188 Å². The third-order valence-electron chi connectivity index (χ3n) is 11.3. The third kappa shape index (κ3) is 4.76. The fourth-order valence-corrected chi connectivity index (χ4v) is 9.87. The molecule has 262 valence electrons. The summed E-state index contributed by atoms with van der Waals surface area (Å²) in [5.74, 6) is 0. The van der Waals surface area contributed by atoms with Gasteiger partial charge >= 0.3 is 0 Å². The minimum atomic E-state index is 0.860. The van der Waals surface area contributed by atoms with E-state index in [4.69, 9.17) is 8.83 Å². The van der Waals surface area contributed by atoms with Crippen LogP contribution in [0.4, 0.5) is 17.1 Å². The summed E-state index contributed by atoms with van der Waals surface area (Å²) in [4.78, 5) is 2.36. The lowest BCUT2D eigenvalue weighted by molar-refractivity contribution is 0.669. The molecule has 3 aromatic heterocycles. The van der Waals surface area contributed by atoms with E-state index in [0.29, 0.717) is 0 Å². The molecule has 0 fully saturated rings. The van der Waals surface area contributed by atoms with Gasteiger partial charge in [-0.1, -0.05) is 127 Å². The lowest BCUT2D eigenvalue weighted by Gasteiger charge is -2.26. The van der Waals surface area contributed by atoms with Gasteiger partial charge in [0.15, 0.2) is 0 Å². The van der Waals surface area contributed by atoms with E-state index in [9.17, 15) is 0 Å². The van der Waals surface area contributed by atoms with Crippen LogP contribution in [0, 0.1) is 0 Å². The van der Waals surface area contributed by atoms with Crippen LogP contribution in [0.3, 0.4) is 0 Å². The van der Waals surface area contributed by atoms with E-state index in [1.165, 1.54) is 36.7 Å². The number of furan rings is 2.